The molecule has 0 aliphatic heterocycles. The van der Waals surface area contributed by atoms with E-state index in [9.17, 15) is 9.59 Å². The van der Waals surface area contributed by atoms with Gasteiger partial charge in [0.05, 0.1) is 0 Å². The summed E-state index contributed by atoms with van der Waals surface area (Å²) >= 11 is 0. The molecule has 4 heteroatoms. The van der Waals surface area contributed by atoms with Gasteiger partial charge >= 0.3 is 5.97 Å². The van der Waals surface area contributed by atoms with E-state index >= 15 is 0 Å². The van der Waals surface area contributed by atoms with E-state index in [4.69, 9.17) is 10.8 Å². The summed E-state index contributed by atoms with van der Waals surface area (Å²) < 4.78 is 0. The van der Waals surface area contributed by atoms with E-state index in [0.29, 0.717) is 31.6 Å². The number of carbonyl (C=O) groups excluding carboxylic acids is 1. The Kier molecular flexibility index (Phi) is 6.19. The fourth-order valence-electron chi connectivity index (χ4n) is 2.46. The van der Waals surface area contributed by atoms with Crippen molar-refractivity contribution in [2.75, 3.05) is 0 Å². The van der Waals surface area contributed by atoms with E-state index in [2.05, 4.69) is 0 Å². The molecule has 98 valence electrons. The predicted octanol–water partition coefficient (Wildman–Crippen LogP) is 2.11. The lowest BCUT2D eigenvalue weighted by atomic mass is 9.85. The zero-order chi connectivity index (χ0) is 12.7. The maximum Gasteiger partial charge on any atom is 0.320 e. The van der Waals surface area contributed by atoms with Crippen molar-refractivity contribution < 1.29 is 14.7 Å². The van der Waals surface area contributed by atoms with Gasteiger partial charge in [0.15, 0.2) is 0 Å². The molecule has 0 saturated heterocycles. The van der Waals surface area contributed by atoms with Gasteiger partial charge in [-0.05, 0) is 18.8 Å². The number of Topliss-reactive ketones (excluding diaryl/α,β-unsaturated/α-hetero) is 1. The third kappa shape index (κ3) is 5.82. The number of ketones is 1. The van der Waals surface area contributed by atoms with E-state index < -0.39 is 12.0 Å². The zero-order valence-electron chi connectivity index (χ0n) is 10.4. The lowest BCUT2D eigenvalue weighted by molar-refractivity contribution is -0.138. The highest BCUT2D eigenvalue weighted by molar-refractivity contribution is 5.78. The maximum absolute atomic E-state index is 11.7. The lowest BCUT2D eigenvalue weighted by Crippen LogP contribution is -2.29. The summed E-state index contributed by atoms with van der Waals surface area (Å²) in [5.41, 5.74) is 5.38. The minimum Gasteiger partial charge on any atom is -0.480 e. The molecule has 0 aromatic heterocycles. The number of hydrogen-bond donors (Lipinski definition) is 2. The Morgan fingerprint density at radius 3 is 2.47 bits per heavy atom. The van der Waals surface area contributed by atoms with E-state index in [0.717, 1.165) is 0 Å². The van der Waals surface area contributed by atoms with Crippen LogP contribution in [0.25, 0.3) is 0 Å². The molecule has 1 rings (SSSR count). The fourth-order valence-corrected chi connectivity index (χ4v) is 2.46. The van der Waals surface area contributed by atoms with E-state index in [1.165, 1.54) is 32.1 Å². The Hall–Kier alpha value is -0.900. The van der Waals surface area contributed by atoms with Crippen molar-refractivity contribution in [3.63, 3.8) is 0 Å². The van der Waals surface area contributed by atoms with Crippen molar-refractivity contribution in [3.05, 3.63) is 0 Å². The van der Waals surface area contributed by atoms with Crippen LogP contribution in [0.4, 0.5) is 0 Å². The number of hydrogen-bond acceptors (Lipinski definition) is 3. The van der Waals surface area contributed by atoms with Crippen LogP contribution < -0.4 is 5.73 Å². The molecule has 1 fully saturated rings. The highest BCUT2D eigenvalue weighted by Gasteiger charge is 2.17. The van der Waals surface area contributed by atoms with Gasteiger partial charge in [-0.2, -0.15) is 0 Å². The van der Waals surface area contributed by atoms with Crippen LogP contribution in [0.2, 0.25) is 0 Å². The molecule has 0 bridgehead atoms. The molecule has 0 heterocycles. The molecule has 1 saturated carbocycles. The first kappa shape index (κ1) is 14.2. The Bertz CT molecular complexity index is 259. The summed E-state index contributed by atoms with van der Waals surface area (Å²) in [6, 6.07) is -0.822. The van der Waals surface area contributed by atoms with Crippen LogP contribution in [0.15, 0.2) is 0 Å². The summed E-state index contributed by atoms with van der Waals surface area (Å²) in [5, 5.41) is 8.60. The quantitative estimate of drug-likeness (QED) is 0.715. The number of nitrogens with two attached hydrogens (primary N) is 1. The average molecular weight is 241 g/mol. The van der Waals surface area contributed by atoms with Crippen LogP contribution in [-0.4, -0.2) is 22.9 Å². The van der Waals surface area contributed by atoms with Crippen molar-refractivity contribution in [3.8, 4) is 0 Å². The largest absolute Gasteiger partial charge is 0.480 e. The van der Waals surface area contributed by atoms with Crippen LogP contribution in [0.1, 0.15) is 57.8 Å². The second-order valence-electron chi connectivity index (χ2n) is 5.08. The molecule has 1 aliphatic rings. The van der Waals surface area contributed by atoms with Crippen molar-refractivity contribution >= 4 is 11.8 Å². The standard InChI is InChI=1S/C13H23NO3/c14-12(13(16)17)8-4-7-11(15)9-10-5-2-1-3-6-10/h10,12H,1-9,14H2,(H,16,17)/t12-/m0/s1. The Balaban J connectivity index is 2.10. The van der Waals surface area contributed by atoms with Crippen molar-refractivity contribution in [1.82, 2.24) is 0 Å². The van der Waals surface area contributed by atoms with Gasteiger partial charge in [-0.25, -0.2) is 0 Å². The summed E-state index contributed by atoms with van der Waals surface area (Å²) in [6.45, 7) is 0. The Morgan fingerprint density at radius 2 is 1.88 bits per heavy atom. The molecule has 0 amide bonds. The van der Waals surface area contributed by atoms with E-state index in [1.54, 1.807) is 0 Å². The number of carbonyl (C=O) groups is 2. The molecule has 4 nitrogen and oxygen atoms in total. The van der Waals surface area contributed by atoms with Crippen LogP contribution in [-0.2, 0) is 9.59 Å². The molecule has 0 aromatic carbocycles. The monoisotopic (exact) mass is 241 g/mol. The number of rotatable bonds is 7. The normalized spacial score (nSPS) is 18.9. The molecule has 1 atom stereocenters. The minimum atomic E-state index is -0.982. The van der Waals surface area contributed by atoms with Gasteiger partial charge in [-0.15, -0.1) is 0 Å². The summed E-state index contributed by atoms with van der Waals surface area (Å²) in [4.78, 5) is 22.2. The van der Waals surface area contributed by atoms with Crippen LogP contribution in [0.3, 0.4) is 0 Å². The SMILES string of the molecule is N[C@@H](CCCC(=O)CC1CCCCC1)C(=O)O. The third-order valence-electron chi connectivity index (χ3n) is 3.53. The topological polar surface area (TPSA) is 80.4 Å². The second-order valence-corrected chi connectivity index (χ2v) is 5.08. The predicted molar refractivity (Wildman–Crippen MR) is 65.7 cm³/mol. The average Bonchev–Trinajstić information content (AvgIpc) is 2.30. The van der Waals surface area contributed by atoms with Crippen LogP contribution in [0.5, 0.6) is 0 Å². The molecular formula is C13H23NO3. The molecule has 0 radical (unpaired) electrons. The van der Waals surface area contributed by atoms with Gasteiger partial charge in [0.1, 0.15) is 11.8 Å². The second kappa shape index (κ2) is 7.43. The molecule has 0 spiro atoms. The highest BCUT2D eigenvalue weighted by Crippen LogP contribution is 2.26. The van der Waals surface area contributed by atoms with Crippen molar-refractivity contribution in [2.45, 2.75) is 63.8 Å². The number of carboxylic acids is 1. The first-order valence-electron chi connectivity index (χ1n) is 6.59. The van der Waals surface area contributed by atoms with Gasteiger partial charge in [0.25, 0.3) is 0 Å². The Morgan fingerprint density at radius 1 is 1.24 bits per heavy atom. The third-order valence-corrected chi connectivity index (χ3v) is 3.53. The van der Waals surface area contributed by atoms with E-state index in [1.807, 2.05) is 0 Å². The van der Waals surface area contributed by atoms with Gasteiger partial charge in [0, 0.05) is 12.8 Å². The highest BCUT2D eigenvalue weighted by atomic mass is 16.4. The minimum absolute atomic E-state index is 0.273. The summed E-state index contributed by atoms with van der Waals surface area (Å²) in [5.74, 6) is -0.136. The smallest absolute Gasteiger partial charge is 0.320 e. The van der Waals surface area contributed by atoms with Gasteiger partial charge < -0.3 is 10.8 Å². The van der Waals surface area contributed by atoms with Gasteiger partial charge in [-0.1, -0.05) is 32.1 Å². The van der Waals surface area contributed by atoms with Crippen LogP contribution in [0, 0.1) is 5.92 Å². The molecule has 3 N–H and O–H groups in total. The van der Waals surface area contributed by atoms with E-state index in [-0.39, 0.29) is 5.78 Å². The Labute approximate surface area is 103 Å². The molecule has 17 heavy (non-hydrogen) atoms. The van der Waals surface area contributed by atoms with Crippen LogP contribution >= 0.6 is 0 Å². The molecule has 0 unspecified atom stereocenters. The first-order chi connectivity index (χ1) is 8.09. The van der Waals surface area contributed by atoms with Gasteiger partial charge in [0.2, 0.25) is 0 Å². The summed E-state index contributed by atoms with van der Waals surface area (Å²) in [7, 11) is 0. The lowest BCUT2D eigenvalue weighted by Gasteiger charge is -2.20. The van der Waals surface area contributed by atoms with Gasteiger partial charge in [-0.3, -0.25) is 9.59 Å². The first-order valence-corrected chi connectivity index (χ1v) is 6.59. The fraction of sp³-hybridized carbons (Fsp3) is 0.846. The maximum atomic E-state index is 11.7. The zero-order valence-corrected chi connectivity index (χ0v) is 10.4. The number of carboxylic acid groups (broad SMARTS) is 1. The van der Waals surface area contributed by atoms with Crippen molar-refractivity contribution in [2.24, 2.45) is 11.7 Å². The summed E-state index contributed by atoms with van der Waals surface area (Å²) in [6.07, 6.45) is 8.33. The molecule has 1 aliphatic carbocycles. The molecular weight excluding hydrogens is 218 g/mol. The molecule has 0 aromatic rings. The number of aliphatic carboxylic acids is 1. The van der Waals surface area contributed by atoms with Crippen molar-refractivity contribution in [1.29, 1.82) is 0 Å².